The number of rotatable bonds is 76. The molecule has 5 unspecified atom stereocenters. The lowest BCUT2D eigenvalue weighted by Gasteiger charge is -2.21. The van der Waals surface area contributed by atoms with Crippen molar-refractivity contribution in [3.05, 3.63) is 207 Å². The zero-order valence-electron chi connectivity index (χ0n) is 67.4. The molecule has 0 aliphatic heterocycles. The molecular formula is C91H146O16P2. The minimum atomic E-state index is -4.97. The van der Waals surface area contributed by atoms with Crippen molar-refractivity contribution < 1.29 is 75.8 Å². The summed E-state index contributed by atoms with van der Waals surface area (Å²) in [7, 11) is -9.84. The first-order valence-corrected chi connectivity index (χ1v) is 44.4. The minimum absolute atomic E-state index is 0.0297. The summed E-state index contributed by atoms with van der Waals surface area (Å²) in [6, 6.07) is 0. The number of aliphatic hydroxyl groups is 2. The van der Waals surface area contributed by atoms with Crippen molar-refractivity contribution in [2.75, 3.05) is 39.6 Å². The molecule has 616 valence electrons. The first-order chi connectivity index (χ1) is 53.2. The molecule has 16 nitrogen and oxygen atoms in total. The molecule has 0 spiro atoms. The second-order valence-corrected chi connectivity index (χ2v) is 29.7. The van der Waals surface area contributed by atoms with E-state index >= 15 is 0 Å². The number of ether oxygens (including phenoxy) is 3. The average Bonchev–Trinajstić information content (AvgIpc) is 0.900. The van der Waals surface area contributed by atoms with Gasteiger partial charge in [-0.05, 0) is 154 Å². The molecule has 0 fully saturated rings. The van der Waals surface area contributed by atoms with Gasteiger partial charge >= 0.3 is 33.6 Å². The predicted molar refractivity (Wildman–Crippen MR) is 454 cm³/mol. The molecule has 0 saturated heterocycles. The van der Waals surface area contributed by atoms with Crippen LogP contribution in [0.3, 0.4) is 0 Å². The number of carbonyl (C=O) groups is 3. The van der Waals surface area contributed by atoms with Gasteiger partial charge in [-0.15, -0.1) is 0 Å². The Morgan fingerprint density at radius 1 is 0.257 bits per heavy atom. The fourth-order valence-electron chi connectivity index (χ4n) is 10.3. The van der Waals surface area contributed by atoms with Gasteiger partial charge in [0.1, 0.15) is 25.4 Å². The van der Waals surface area contributed by atoms with Crippen LogP contribution >= 0.6 is 15.6 Å². The fraction of sp³-hybridized carbons (Fsp3) is 0.593. The van der Waals surface area contributed by atoms with E-state index in [0.717, 1.165) is 141 Å². The van der Waals surface area contributed by atoms with Crippen molar-refractivity contribution in [2.45, 2.75) is 309 Å². The highest BCUT2D eigenvalue weighted by Crippen LogP contribution is 2.45. The molecule has 0 heterocycles. The average molecular weight is 1560 g/mol. The summed E-state index contributed by atoms with van der Waals surface area (Å²) in [5.74, 6) is -1.72. The van der Waals surface area contributed by atoms with Gasteiger partial charge in [0, 0.05) is 19.3 Å². The summed E-state index contributed by atoms with van der Waals surface area (Å²) in [6.45, 7) is 2.19. The van der Waals surface area contributed by atoms with Gasteiger partial charge in [0.15, 0.2) is 6.10 Å². The second-order valence-electron chi connectivity index (χ2n) is 26.8. The van der Waals surface area contributed by atoms with Crippen molar-refractivity contribution in [3.8, 4) is 0 Å². The number of phosphoric acid groups is 2. The van der Waals surface area contributed by atoms with Crippen LogP contribution in [0.2, 0.25) is 0 Å². The second kappa shape index (κ2) is 81.6. The summed E-state index contributed by atoms with van der Waals surface area (Å²) in [5.41, 5.74) is 0. The van der Waals surface area contributed by atoms with Crippen LogP contribution in [0, 0.1) is 0 Å². The summed E-state index contributed by atoms with van der Waals surface area (Å²) in [5, 5.41) is 20.7. The Morgan fingerprint density at radius 3 is 0.789 bits per heavy atom. The highest BCUT2D eigenvalue weighted by atomic mass is 31.2. The molecule has 0 amide bonds. The van der Waals surface area contributed by atoms with Crippen molar-refractivity contribution in [2.24, 2.45) is 0 Å². The third-order valence-corrected chi connectivity index (χ3v) is 18.4. The Balaban J connectivity index is 4.56. The molecular weight excluding hydrogens is 1410 g/mol. The highest BCUT2D eigenvalue weighted by molar-refractivity contribution is 7.47. The van der Waals surface area contributed by atoms with Gasteiger partial charge in [0.25, 0.3) is 0 Å². The first kappa shape index (κ1) is 103. The van der Waals surface area contributed by atoms with E-state index in [1.165, 1.54) is 83.5 Å². The molecule has 4 N–H and O–H groups in total. The zero-order chi connectivity index (χ0) is 79.4. The quantitative estimate of drug-likeness (QED) is 0.0146. The molecule has 0 aliphatic carbocycles. The smallest absolute Gasteiger partial charge is 0.463 e. The number of unbranched alkanes of at least 4 members (excludes halogenated alkanes) is 19. The summed E-state index contributed by atoms with van der Waals surface area (Å²) >= 11 is 0. The summed E-state index contributed by atoms with van der Waals surface area (Å²) in [4.78, 5) is 58.7. The van der Waals surface area contributed by atoms with Crippen LogP contribution in [-0.2, 0) is 55.8 Å². The molecule has 0 aromatic heterocycles. The molecule has 0 aromatic carbocycles. The zero-order valence-corrected chi connectivity index (χ0v) is 69.2. The Bertz CT molecular complexity index is 2810. The minimum Gasteiger partial charge on any atom is -0.463 e. The van der Waals surface area contributed by atoms with Gasteiger partial charge in [0.2, 0.25) is 0 Å². The van der Waals surface area contributed by atoms with E-state index in [2.05, 4.69) is 209 Å². The number of phosphoric ester groups is 2. The lowest BCUT2D eigenvalue weighted by Crippen LogP contribution is -2.30. The van der Waals surface area contributed by atoms with Crippen LogP contribution in [0.25, 0.3) is 0 Å². The van der Waals surface area contributed by atoms with E-state index in [1.54, 1.807) is 0 Å². The molecule has 5 atom stereocenters. The standard InChI is InChI=1S/C91H146O16P2/c1-4-7-10-13-16-19-22-25-28-31-34-35-36-37-38-39-40-41-42-43-44-45-46-47-48-49-52-54-56-59-62-65-68-71-74-77-89(94)101-80-86(92)81-103-108(97,98)104-82-87(93)83-105-109(99,100)106-85-88(107-91(96)79-76-73-70-67-64-61-58-55-51-33-30-27-24-21-18-15-12-9-6-3)84-102-90(95)78-75-72-69-66-63-60-57-53-50-32-29-26-23-20-17-14-11-8-5-2/h7-12,16-21,25-30,34-35,37-38,40-41,50-51,53,55,60-61,63-64,69,72,86-88,92-93H,4-6,13-15,22-24,31-33,36,39,42-49,52,54,56-59,62,65-68,70-71,73-85H2,1-3H3,(H,97,98)(H,99,100)/b10-7-,11-8-,12-9-,19-16-,20-17-,21-18-,28-25-,29-26-,30-27-,35-34-,38-37-,41-40-,53-50-,55-51-,63-60-,64-61-,72-69-. The van der Waals surface area contributed by atoms with E-state index in [-0.39, 0.29) is 19.3 Å². The van der Waals surface area contributed by atoms with Crippen molar-refractivity contribution in [3.63, 3.8) is 0 Å². The van der Waals surface area contributed by atoms with Gasteiger partial charge in [-0.2, -0.15) is 0 Å². The Morgan fingerprint density at radius 2 is 0.477 bits per heavy atom. The molecule has 0 radical (unpaired) electrons. The lowest BCUT2D eigenvalue weighted by atomic mass is 10.0. The monoisotopic (exact) mass is 1560 g/mol. The summed E-state index contributed by atoms with van der Waals surface area (Å²) < 4.78 is 61.1. The maximum absolute atomic E-state index is 13.0. The number of hydrogen-bond acceptors (Lipinski definition) is 14. The maximum atomic E-state index is 13.0. The van der Waals surface area contributed by atoms with Crippen molar-refractivity contribution in [1.29, 1.82) is 0 Å². The molecule has 0 aliphatic rings. The number of aliphatic hydroxyl groups excluding tert-OH is 2. The third-order valence-electron chi connectivity index (χ3n) is 16.5. The first-order valence-electron chi connectivity index (χ1n) is 41.4. The number of allylic oxidation sites excluding steroid dienone is 34. The van der Waals surface area contributed by atoms with E-state index in [4.69, 9.17) is 32.3 Å². The number of carbonyl (C=O) groups excluding carboxylic acids is 3. The third kappa shape index (κ3) is 82.9. The Hall–Kier alpha value is -5.87. The topological polar surface area (TPSA) is 231 Å². The van der Waals surface area contributed by atoms with Crippen molar-refractivity contribution >= 4 is 33.6 Å². The Kier molecular flexibility index (Phi) is 77.2. The largest absolute Gasteiger partial charge is 0.472 e. The van der Waals surface area contributed by atoms with E-state index < -0.39 is 91.5 Å². The number of esters is 3. The molecule has 0 aromatic rings. The molecule has 18 heteroatoms. The van der Waals surface area contributed by atoms with Gasteiger partial charge in [0.05, 0.1) is 26.4 Å². The maximum Gasteiger partial charge on any atom is 0.472 e. The molecule has 0 bridgehead atoms. The lowest BCUT2D eigenvalue weighted by molar-refractivity contribution is -0.161. The van der Waals surface area contributed by atoms with E-state index in [9.17, 15) is 43.5 Å². The van der Waals surface area contributed by atoms with Crippen LogP contribution in [0.15, 0.2) is 207 Å². The molecule has 0 saturated carbocycles. The SMILES string of the molecule is CC/C=C\C/C=C\C/C=C\C/C=C\C/C=C\C/C=C\CCCCCCCCCCCCCCCCCCC(=O)OCC(O)COP(=O)(O)OCC(O)COP(=O)(O)OCC(COC(=O)CC/C=C\C/C=C\C/C=C\C/C=C\C/C=C\C/C=C\CC)OC(=O)CCCCC/C=C\C/C=C\C/C=C\C/C=C\C/C=C\CC. The highest BCUT2D eigenvalue weighted by Gasteiger charge is 2.29. The van der Waals surface area contributed by atoms with E-state index in [1.807, 2.05) is 18.2 Å². The van der Waals surface area contributed by atoms with Crippen LogP contribution < -0.4 is 0 Å². The predicted octanol–water partition coefficient (Wildman–Crippen LogP) is 24.9. The molecule has 109 heavy (non-hydrogen) atoms. The van der Waals surface area contributed by atoms with Crippen LogP contribution in [0.1, 0.15) is 290 Å². The number of hydrogen-bond donors (Lipinski definition) is 4. The Labute approximate surface area is 660 Å². The van der Waals surface area contributed by atoms with Crippen LogP contribution in [0.5, 0.6) is 0 Å². The summed E-state index contributed by atoms with van der Waals surface area (Å²) in [6.07, 6.45) is 109. The normalized spacial score (nSPS) is 15.0. The van der Waals surface area contributed by atoms with Gasteiger partial charge in [-0.25, -0.2) is 9.13 Å². The van der Waals surface area contributed by atoms with E-state index in [0.29, 0.717) is 25.7 Å². The fourth-order valence-corrected chi connectivity index (χ4v) is 11.9. The van der Waals surface area contributed by atoms with Gasteiger partial charge in [-0.1, -0.05) is 324 Å². The van der Waals surface area contributed by atoms with Crippen molar-refractivity contribution in [1.82, 2.24) is 0 Å². The van der Waals surface area contributed by atoms with Gasteiger partial charge in [-0.3, -0.25) is 32.5 Å². The molecule has 0 rings (SSSR count). The van der Waals surface area contributed by atoms with Crippen LogP contribution in [-0.4, -0.2) is 95.9 Å². The van der Waals surface area contributed by atoms with Crippen LogP contribution in [0.4, 0.5) is 0 Å². The van der Waals surface area contributed by atoms with Gasteiger partial charge < -0.3 is 34.2 Å².